The molecule has 0 aliphatic rings. The van der Waals surface area contributed by atoms with Crippen molar-refractivity contribution in [1.82, 2.24) is 30.0 Å². The van der Waals surface area contributed by atoms with E-state index in [1.807, 2.05) is 26.4 Å². The van der Waals surface area contributed by atoms with Crippen molar-refractivity contribution in [3.05, 3.63) is 36.4 Å². The number of carbonyl (C=O) groups excluding carboxylic acids is 1. The third kappa shape index (κ3) is 3.63. The maximum absolute atomic E-state index is 12.5. The number of aromatic nitrogens is 4. The SMILES string of the molecule is COc1cc(-c2cn[nH]c2)cn2ncc(C(=O)NCCCN(C)C)c12. The Bertz CT molecular complexity index is 854. The molecule has 1 amide bonds. The van der Waals surface area contributed by atoms with Crippen LogP contribution < -0.4 is 10.1 Å². The fourth-order valence-corrected chi connectivity index (χ4v) is 2.67. The molecule has 0 fully saturated rings. The molecule has 25 heavy (non-hydrogen) atoms. The molecule has 0 saturated heterocycles. The van der Waals surface area contributed by atoms with Gasteiger partial charge in [0, 0.05) is 30.1 Å². The summed E-state index contributed by atoms with van der Waals surface area (Å²) in [5, 5.41) is 14.0. The van der Waals surface area contributed by atoms with Crippen LogP contribution in [0.4, 0.5) is 0 Å². The molecule has 0 radical (unpaired) electrons. The summed E-state index contributed by atoms with van der Waals surface area (Å²) in [5.74, 6) is 0.442. The van der Waals surface area contributed by atoms with E-state index in [1.165, 1.54) is 0 Å². The molecule has 0 spiro atoms. The number of carbonyl (C=O) groups is 1. The Labute approximate surface area is 145 Å². The third-order valence-electron chi connectivity index (χ3n) is 3.94. The van der Waals surface area contributed by atoms with Crippen molar-refractivity contribution < 1.29 is 9.53 Å². The van der Waals surface area contributed by atoms with Gasteiger partial charge in [-0.1, -0.05) is 0 Å². The minimum atomic E-state index is -0.150. The molecule has 0 aromatic carbocycles. The van der Waals surface area contributed by atoms with Crippen molar-refractivity contribution in [2.45, 2.75) is 6.42 Å². The monoisotopic (exact) mass is 342 g/mol. The summed E-state index contributed by atoms with van der Waals surface area (Å²) in [6.45, 7) is 1.54. The van der Waals surface area contributed by atoms with E-state index in [0.717, 1.165) is 24.1 Å². The van der Waals surface area contributed by atoms with Gasteiger partial charge in [0.25, 0.3) is 5.91 Å². The first kappa shape index (κ1) is 17.0. The van der Waals surface area contributed by atoms with Gasteiger partial charge in [-0.15, -0.1) is 0 Å². The van der Waals surface area contributed by atoms with E-state index in [-0.39, 0.29) is 5.91 Å². The Hall–Kier alpha value is -2.87. The van der Waals surface area contributed by atoms with Gasteiger partial charge in [0.1, 0.15) is 11.3 Å². The van der Waals surface area contributed by atoms with Crippen molar-refractivity contribution >= 4 is 11.4 Å². The van der Waals surface area contributed by atoms with Crippen LogP contribution >= 0.6 is 0 Å². The van der Waals surface area contributed by atoms with Crippen molar-refractivity contribution in [2.75, 3.05) is 34.3 Å². The minimum Gasteiger partial charge on any atom is -0.494 e. The molecule has 0 aliphatic carbocycles. The molecule has 0 saturated carbocycles. The lowest BCUT2D eigenvalue weighted by atomic mass is 10.1. The van der Waals surface area contributed by atoms with Gasteiger partial charge < -0.3 is 15.0 Å². The highest BCUT2D eigenvalue weighted by Gasteiger charge is 2.18. The van der Waals surface area contributed by atoms with E-state index in [2.05, 4.69) is 25.5 Å². The predicted molar refractivity (Wildman–Crippen MR) is 94.8 cm³/mol. The zero-order valence-electron chi connectivity index (χ0n) is 14.6. The predicted octanol–water partition coefficient (Wildman–Crippen LogP) is 1.41. The molecule has 3 heterocycles. The Kier molecular flexibility index (Phi) is 4.99. The average molecular weight is 342 g/mol. The van der Waals surface area contributed by atoms with Crippen LogP contribution in [0.2, 0.25) is 0 Å². The normalized spacial score (nSPS) is 11.2. The average Bonchev–Trinajstić information content (AvgIpc) is 3.26. The first-order valence-electron chi connectivity index (χ1n) is 8.07. The van der Waals surface area contributed by atoms with Gasteiger partial charge in [-0.3, -0.25) is 9.89 Å². The quantitative estimate of drug-likeness (QED) is 0.634. The van der Waals surface area contributed by atoms with Crippen LogP contribution in [-0.4, -0.2) is 64.9 Å². The molecular weight excluding hydrogens is 320 g/mol. The molecule has 2 N–H and O–H groups in total. The highest BCUT2D eigenvalue weighted by atomic mass is 16.5. The summed E-state index contributed by atoms with van der Waals surface area (Å²) in [6, 6.07) is 1.88. The van der Waals surface area contributed by atoms with Crippen LogP contribution in [0, 0.1) is 0 Å². The Morgan fingerprint density at radius 2 is 2.20 bits per heavy atom. The molecule has 132 valence electrons. The topological polar surface area (TPSA) is 87.5 Å². The molecule has 3 rings (SSSR count). The number of H-pyrrole nitrogens is 1. The number of aromatic amines is 1. The van der Waals surface area contributed by atoms with E-state index < -0.39 is 0 Å². The number of nitrogens with one attached hydrogen (secondary N) is 2. The van der Waals surface area contributed by atoms with Crippen molar-refractivity contribution in [3.8, 4) is 16.9 Å². The van der Waals surface area contributed by atoms with Crippen molar-refractivity contribution in [1.29, 1.82) is 0 Å². The highest BCUT2D eigenvalue weighted by molar-refractivity contribution is 6.02. The number of hydrogen-bond acceptors (Lipinski definition) is 5. The van der Waals surface area contributed by atoms with Crippen LogP contribution in [-0.2, 0) is 0 Å². The second kappa shape index (κ2) is 7.35. The molecule has 3 aromatic rings. The largest absolute Gasteiger partial charge is 0.494 e. The number of rotatable bonds is 7. The second-order valence-corrected chi connectivity index (χ2v) is 6.05. The van der Waals surface area contributed by atoms with Crippen LogP contribution in [0.1, 0.15) is 16.8 Å². The number of amides is 1. The summed E-state index contributed by atoms with van der Waals surface area (Å²) in [4.78, 5) is 14.6. The number of ether oxygens (including phenoxy) is 1. The van der Waals surface area contributed by atoms with E-state index in [4.69, 9.17) is 4.74 Å². The molecule has 0 atom stereocenters. The molecule has 0 aliphatic heterocycles. The van der Waals surface area contributed by atoms with Crippen LogP contribution in [0.15, 0.2) is 30.9 Å². The molecule has 8 heteroatoms. The third-order valence-corrected chi connectivity index (χ3v) is 3.94. The summed E-state index contributed by atoms with van der Waals surface area (Å²) >= 11 is 0. The molecule has 8 nitrogen and oxygen atoms in total. The van der Waals surface area contributed by atoms with Gasteiger partial charge in [0.05, 0.1) is 25.1 Å². The number of pyridine rings is 1. The number of fused-ring (bicyclic) bond motifs is 1. The van der Waals surface area contributed by atoms with Crippen molar-refractivity contribution in [2.24, 2.45) is 0 Å². The van der Waals surface area contributed by atoms with Crippen LogP contribution in [0.25, 0.3) is 16.6 Å². The lowest BCUT2D eigenvalue weighted by Crippen LogP contribution is -2.27. The Morgan fingerprint density at radius 1 is 1.36 bits per heavy atom. The highest BCUT2D eigenvalue weighted by Crippen LogP contribution is 2.29. The lowest BCUT2D eigenvalue weighted by Gasteiger charge is -2.10. The number of methoxy groups -OCH3 is 1. The van der Waals surface area contributed by atoms with Gasteiger partial charge in [0.2, 0.25) is 0 Å². The number of nitrogens with zero attached hydrogens (tertiary/aromatic N) is 4. The Balaban J connectivity index is 1.86. The lowest BCUT2D eigenvalue weighted by molar-refractivity contribution is 0.0953. The zero-order valence-corrected chi connectivity index (χ0v) is 14.6. The molecule has 0 bridgehead atoms. The van der Waals surface area contributed by atoms with Gasteiger partial charge in [0.15, 0.2) is 0 Å². The van der Waals surface area contributed by atoms with Gasteiger partial charge in [-0.25, -0.2) is 4.52 Å². The summed E-state index contributed by atoms with van der Waals surface area (Å²) < 4.78 is 7.16. The van der Waals surface area contributed by atoms with Crippen LogP contribution in [0.3, 0.4) is 0 Å². The smallest absolute Gasteiger partial charge is 0.255 e. The standard InChI is InChI=1S/C17H22N6O2/c1-22(2)6-4-5-18-17(24)14-10-21-23-11-12(13-8-19-20-9-13)7-15(25-3)16(14)23/h7-11H,4-6H2,1-3H3,(H,18,24)(H,19,20). The fraction of sp³-hybridized carbons (Fsp3) is 0.353. The van der Waals surface area contributed by atoms with Gasteiger partial charge >= 0.3 is 0 Å². The fourth-order valence-electron chi connectivity index (χ4n) is 2.67. The first-order valence-corrected chi connectivity index (χ1v) is 8.07. The Morgan fingerprint density at radius 3 is 2.88 bits per heavy atom. The van der Waals surface area contributed by atoms with Gasteiger partial charge in [-0.05, 0) is 33.1 Å². The maximum atomic E-state index is 12.5. The number of hydrogen-bond donors (Lipinski definition) is 2. The second-order valence-electron chi connectivity index (χ2n) is 6.05. The van der Waals surface area contributed by atoms with E-state index >= 15 is 0 Å². The zero-order chi connectivity index (χ0) is 17.8. The van der Waals surface area contributed by atoms with E-state index in [1.54, 1.807) is 30.2 Å². The molecular formula is C17H22N6O2. The summed E-state index contributed by atoms with van der Waals surface area (Å²) in [5.41, 5.74) is 2.98. The molecule has 0 unspecified atom stereocenters. The summed E-state index contributed by atoms with van der Waals surface area (Å²) in [7, 11) is 5.60. The minimum absolute atomic E-state index is 0.150. The van der Waals surface area contributed by atoms with E-state index in [9.17, 15) is 4.79 Å². The van der Waals surface area contributed by atoms with Crippen LogP contribution in [0.5, 0.6) is 5.75 Å². The van der Waals surface area contributed by atoms with E-state index in [0.29, 0.717) is 23.4 Å². The van der Waals surface area contributed by atoms with Gasteiger partial charge in [-0.2, -0.15) is 10.2 Å². The maximum Gasteiger partial charge on any atom is 0.255 e. The first-order chi connectivity index (χ1) is 12.1. The molecule has 3 aromatic heterocycles. The summed E-state index contributed by atoms with van der Waals surface area (Å²) in [6.07, 6.45) is 7.83. The van der Waals surface area contributed by atoms with Crippen molar-refractivity contribution in [3.63, 3.8) is 0 Å².